The van der Waals surface area contributed by atoms with Crippen molar-refractivity contribution in [1.29, 1.82) is 0 Å². The molecule has 0 aliphatic heterocycles. The zero-order valence-corrected chi connectivity index (χ0v) is 11.6. The van der Waals surface area contributed by atoms with Crippen molar-refractivity contribution in [2.45, 2.75) is 30.9 Å². The average Bonchev–Trinajstić information content (AvgIpc) is 2.34. The molecule has 1 amide bonds. The van der Waals surface area contributed by atoms with Gasteiger partial charge in [-0.1, -0.05) is 26.0 Å². The van der Waals surface area contributed by atoms with Gasteiger partial charge < -0.3 is 5.32 Å². The maximum Gasteiger partial charge on any atom is 0.235 e. The van der Waals surface area contributed by atoms with E-state index in [-0.39, 0.29) is 10.8 Å². The van der Waals surface area contributed by atoms with Crippen molar-refractivity contribution in [3.05, 3.63) is 30.1 Å². The van der Waals surface area contributed by atoms with E-state index in [0.717, 1.165) is 0 Å². The molecule has 0 saturated carbocycles. The fourth-order valence-electron chi connectivity index (χ4n) is 1.34. The van der Waals surface area contributed by atoms with Crippen LogP contribution in [0, 0.1) is 11.7 Å². The maximum atomic E-state index is 13.5. The van der Waals surface area contributed by atoms with E-state index < -0.39 is 21.9 Å². The Labute approximate surface area is 109 Å². The summed E-state index contributed by atoms with van der Waals surface area (Å²) in [6.07, 6.45) is 0. The lowest BCUT2D eigenvalue weighted by molar-refractivity contribution is -0.120. The second-order valence-corrected chi connectivity index (χ2v) is 6.25. The number of nitrogens with one attached hydrogen (secondary N) is 1. The van der Waals surface area contributed by atoms with E-state index >= 15 is 0 Å². The number of hydrogen-bond acceptors (Lipinski definition) is 2. The maximum absolute atomic E-state index is 13.5. The second kappa shape index (κ2) is 6.64. The molecule has 0 bridgehead atoms. The molecular weight excluding hydrogens is 253 g/mol. The van der Waals surface area contributed by atoms with Gasteiger partial charge in [0, 0.05) is 6.54 Å². The lowest BCUT2D eigenvalue weighted by Crippen LogP contribution is -2.37. The Morgan fingerprint density at radius 3 is 2.50 bits per heavy atom. The first kappa shape index (κ1) is 14.8. The van der Waals surface area contributed by atoms with Crippen LogP contribution in [0.15, 0.2) is 29.2 Å². The number of rotatable bonds is 5. The SMILES string of the molecule is CC(C)CNC(=O)C(C)S(=O)c1ccccc1F. The molecule has 100 valence electrons. The highest BCUT2D eigenvalue weighted by Gasteiger charge is 2.23. The second-order valence-electron chi connectivity index (χ2n) is 4.51. The van der Waals surface area contributed by atoms with Crippen molar-refractivity contribution in [1.82, 2.24) is 5.32 Å². The van der Waals surface area contributed by atoms with E-state index in [4.69, 9.17) is 0 Å². The van der Waals surface area contributed by atoms with Gasteiger partial charge in [-0.2, -0.15) is 0 Å². The van der Waals surface area contributed by atoms with Crippen molar-refractivity contribution in [2.24, 2.45) is 5.92 Å². The monoisotopic (exact) mass is 271 g/mol. The van der Waals surface area contributed by atoms with E-state index in [9.17, 15) is 13.4 Å². The molecule has 0 heterocycles. The van der Waals surface area contributed by atoms with Gasteiger partial charge in [0.05, 0.1) is 15.7 Å². The van der Waals surface area contributed by atoms with Crippen LogP contribution in [-0.4, -0.2) is 21.9 Å². The zero-order valence-electron chi connectivity index (χ0n) is 10.8. The van der Waals surface area contributed by atoms with Gasteiger partial charge in [0.2, 0.25) is 5.91 Å². The van der Waals surface area contributed by atoms with E-state index in [1.165, 1.54) is 25.1 Å². The third kappa shape index (κ3) is 3.91. The Morgan fingerprint density at radius 2 is 1.94 bits per heavy atom. The van der Waals surface area contributed by atoms with Crippen LogP contribution < -0.4 is 5.32 Å². The molecule has 0 saturated heterocycles. The minimum absolute atomic E-state index is 0.0738. The molecule has 1 aromatic carbocycles. The molecule has 0 aromatic heterocycles. The van der Waals surface area contributed by atoms with Gasteiger partial charge in [-0.15, -0.1) is 0 Å². The summed E-state index contributed by atoms with van der Waals surface area (Å²) in [6.45, 7) is 6.01. The van der Waals surface area contributed by atoms with Gasteiger partial charge in [0.1, 0.15) is 11.1 Å². The highest BCUT2D eigenvalue weighted by Crippen LogP contribution is 2.15. The van der Waals surface area contributed by atoms with Crippen LogP contribution in [0.2, 0.25) is 0 Å². The van der Waals surface area contributed by atoms with Gasteiger partial charge in [-0.3, -0.25) is 9.00 Å². The minimum Gasteiger partial charge on any atom is -0.355 e. The van der Waals surface area contributed by atoms with Gasteiger partial charge in [0.25, 0.3) is 0 Å². The third-order valence-corrected chi connectivity index (χ3v) is 4.05. The van der Waals surface area contributed by atoms with Crippen molar-refractivity contribution in [3.8, 4) is 0 Å². The molecule has 1 N–H and O–H groups in total. The van der Waals surface area contributed by atoms with Crippen molar-refractivity contribution in [2.75, 3.05) is 6.54 Å². The van der Waals surface area contributed by atoms with Crippen LogP contribution in [-0.2, 0) is 15.6 Å². The molecule has 3 nitrogen and oxygen atoms in total. The number of amides is 1. The molecule has 0 radical (unpaired) electrons. The highest BCUT2D eigenvalue weighted by atomic mass is 32.2. The molecule has 0 spiro atoms. The third-order valence-electron chi connectivity index (χ3n) is 2.43. The van der Waals surface area contributed by atoms with Crippen LogP contribution in [0.1, 0.15) is 20.8 Å². The molecule has 5 heteroatoms. The molecule has 18 heavy (non-hydrogen) atoms. The fraction of sp³-hybridized carbons (Fsp3) is 0.462. The summed E-state index contributed by atoms with van der Waals surface area (Å²) in [7, 11) is -1.67. The molecule has 0 aliphatic rings. The summed E-state index contributed by atoms with van der Waals surface area (Å²) in [5.74, 6) is -0.535. The first-order valence-corrected chi connectivity index (χ1v) is 7.07. The largest absolute Gasteiger partial charge is 0.355 e. The molecule has 0 aliphatic carbocycles. The van der Waals surface area contributed by atoms with Gasteiger partial charge in [0.15, 0.2) is 0 Å². The molecular formula is C13H18FNO2S. The molecule has 1 aromatic rings. The Morgan fingerprint density at radius 1 is 1.33 bits per heavy atom. The quantitative estimate of drug-likeness (QED) is 0.891. The molecule has 2 atom stereocenters. The molecule has 0 fully saturated rings. The predicted octanol–water partition coefficient (Wildman–Crippen LogP) is 2.09. The van der Waals surface area contributed by atoms with E-state index in [0.29, 0.717) is 12.5 Å². The number of carbonyl (C=O) groups excluding carboxylic acids is 1. The fourth-order valence-corrected chi connectivity index (χ4v) is 2.48. The van der Waals surface area contributed by atoms with Crippen molar-refractivity contribution >= 4 is 16.7 Å². The summed E-state index contributed by atoms with van der Waals surface area (Å²) in [5.41, 5.74) is 0. The van der Waals surface area contributed by atoms with Crippen LogP contribution in [0.3, 0.4) is 0 Å². The smallest absolute Gasteiger partial charge is 0.235 e. The molecule has 2 unspecified atom stereocenters. The zero-order chi connectivity index (χ0) is 13.7. The van der Waals surface area contributed by atoms with Crippen LogP contribution >= 0.6 is 0 Å². The first-order chi connectivity index (χ1) is 8.43. The minimum atomic E-state index is -1.67. The summed E-state index contributed by atoms with van der Waals surface area (Å²) >= 11 is 0. The number of hydrogen-bond donors (Lipinski definition) is 1. The Balaban J connectivity index is 2.72. The van der Waals surface area contributed by atoms with E-state index in [1.807, 2.05) is 13.8 Å². The summed E-state index contributed by atoms with van der Waals surface area (Å²) in [5, 5.41) is 1.93. The number of carbonyl (C=O) groups is 1. The first-order valence-electron chi connectivity index (χ1n) is 5.86. The van der Waals surface area contributed by atoms with Crippen LogP contribution in [0.5, 0.6) is 0 Å². The summed E-state index contributed by atoms with van der Waals surface area (Å²) < 4.78 is 25.5. The van der Waals surface area contributed by atoms with Gasteiger partial charge >= 0.3 is 0 Å². The van der Waals surface area contributed by atoms with Crippen LogP contribution in [0.25, 0.3) is 0 Å². The molecule has 1 rings (SSSR count). The Kier molecular flexibility index (Phi) is 5.47. The predicted molar refractivity (Wildman–Crippen MR) is 70.1 cm³/mol. The number of halogens is 1. The van der Waals surface area contributed by atoms with Gasteiger partial charge in [-0.05, 0) is 25.0 Å². The highest BCUT2D eigenvalue weighted by molar-refractivity contribution is 7.86. The number of benzene rings is 1. The summed E-state index contributed by atoms with van der Waals surface area (Å²) in [4.78, 5) is 11.8. The lowest BCUT2D eigenvalue weighted by Gasteiger charge is -2.13. The Hall–Kier alpha value is -1.23. The van der Waals surface area contributed by atoms with Crippen molar-refractivity contribution in [3.63, 3.8) is 0 Å². The topological polar surface area (TPSA) is 46.2 Å². The van der Waals surface area contributed by atoms with Crippen molar-refractivity contribution < 1.29 is 13.4 Å². The van der Waals surface area contributed by atoms with Gasteiger partial charge in [-0.25, -0.2) is 4.39 Å². The summed E-state index contributed by atoms with van der Waals surface area (Å²) in [6, 6.07) is 5.82. The standard InChI is InChI=1S/C13H18FNO2S/c1-9(2)8-15-13(16)10(3)18(17)12-7-5-4-6-11(12)14/h4-7,9-10H,8H2,1-3H3,(H,15,16). The van der Waals surface area contributed by atoms with E-state index in [1.54, 1.807) is 6.07 Å². The van der Waals surface area contributed by atoms with Crippen LogP contribution in [0.4, 0.5) is 4.39 Å². The normalized spacial score (nSPS) is 14.3. The Bertz CT molecular complexity index is 448. The average molecular weight is 271 g/mol. The lowest BCUT2D eigenvalue weighted by atomic mass is 10.2. The van der Waals surface area contributed by atoms with E-state index in [2.05, 4.69) is 5.32 Å².